The fourth-order valence-corrected chi connectivity index (χ4v) is 2.92. The van der Waals surface area contributed by atoms with Gasteiger partial charge in [-0.1, -0.05) is 13.8 Å². The lowest BCUT2D eigenvalue weighted by atomic mass is 10.1. The normalized spacial score (nSPS) is 14.2. The van der Waals surface area contributed by atoms with Gasteiger partial charge in [0.2, 0.25) is 0 Å². The molecule has 0 aromatic carbocycles. The van der Waals surface area contributed by atoms with E-state index in [9.17, 15) is 14.4 Å². The molecule has 0 spiro atoms. The fraction of sp³-hybridized carbons (Fsp3) is 0.556. The van der Waals surface area contributed by atoms with Crippen LogP contribution >= 0.6 is 0 Å². The maximum atomic E-state index is 12.7. The van der Waals surface area contributed by atoms with E-state index in [0.717, 1.165) is 25.0 Å². The molecule has 2 N–H and O–H groups in total. The number of pyridine rings is 1. The minimum absolute atomic E-state index is 0.188. The van der Waals surface area contributed by atoms with Crippen LogP contribution < -0.4 is 16.6 Å². The average Bonchev–Trinajstić information content (AvgIpc) is 3.38. The Bertz CT molecular complexity index is 922. The Morgan fingerprint density at radius 3 is 2.72 bits per heavy atom. The summed E-state index contributed by atoms with van der Waals surface area (Å²) >= 11 is 0. The zero-order valence-electron chi connectivity index (χ0n) is 14.9. The Kier molecular flexibility index (Phi) is 4.74. The van der Waals surface area contributed by atoms with Crippen LogP contribution in [-0.2, 0) is 6.54 Å². The second kappa shape index (κ2) is 6.82. The van der Waals surface area contributed by atoms with Crippen molar-refractivity contribution in [3.05, 3.63) is 38.2 Å². The predicted molar refractivity (Wildman–Crippen MR) is 96.1 cm³/mol. The van der Waals surface area contributed by atoms with Gasteiger partial charge in [-0.15, -0.1) is 0 Å². The van der Waals surface area contributed by atoms with Gasteiger partial charge in [-0.3, -0.25) is 19.1 Å². The highest BCUT2D eigenvalue weighted by molar-refractivity contribution is 6.05. The van der Waals surface area contributed by atoms with Crippen molar-refractivity contribution < 1.29 is 4.79 Å². The van der Waals surface area contributed by atoms with E-state index in [1.54, 1.807) is 6.07 Å². The first-order valence-corrected chi connectivity index (χ1v) is 8.88. The number of rotatable bonds is 6. The van der Waals surface area contributed by atoms with Crippen LogP contribution in [-0.4, -0.2) is 27.0 Å². The van der Waals surface area contributed by atoms with Gasteiger partial charge in [0.15, 0.2) is 5.65 Å². The SMILES string of the molecule is CCn1c(=O)[nH]c(=O)c2c(C(=O)NCCC(C)C)cc(C3CC3)nc21. The second-order valence-corrected chi connectivity index (χ2v) is 7.01. The molecule has 2 aromatic rings. The van der Waals surface area contributed by atoms with Gasteiger partial charge in [0.1, 0.15) is 0 Å². The highest BCUT2D eigenvalue weighted by Crippen LogP contribution is 2.39. The Hall–Kier alpha value is -2.44. The highest BCUT2D eigenvalue weighted by atomic mass is 16.2. The summed E-state index contributed by atoms with van der Waals surface area (Å²) in [6, 6.07) is 1.71. The minimum atomic E-state index is -0.562. The number of aromatic amines is 1. The first-order valence-electron chi connectivity index (χ1n) is 8.88. The standard InChI is InChI=1S/C18H24N4O3/c1-4-22-15-14(17(24)21-18(22)25)12(9-13(20-15)11-5-6-11)16(23)19-8-7-10(2)3/h9-11H,4-8H2,1-3H3,(H,19,23)(H,21,24,25). The van der Waals surface area contributed by atoms with Crippen molar-refractivity contribution in [1.29, 1.82) is 0 Å². The van der Waals surface area contributed by atoms with Gasteiger partial charge >= 0.3 is 5.69 Å². The van der Waals surface area contributed by atoms with Crippen LogP contribution in [0.2, 0.25) is 0 Å². The summed E-state index contributed by atoms with van der Waals surface area (Å²) in [6.07, 6.45) is 2.90. The van der Waals surface area contributed by atoms with Crippen LogP contribution in [0.15, 0.2) is 15.7 Å². The monoisotopic (exact) mass is 344 g/mol. The molecule has 3 rings (SSSR count). The highest BCUT2D eigenvalue weighted by Gasteiger charge is 2.28. The van der Waals surface area contributed by atoms with Crippen LogP contribution in [0.1, 0.15) is 62.0 Å². The number of carbonyl (C=O) groups is 1. The molecule has 0 saturated heterocycles. The number of aromatic nitrogens is 3. The zero-order valence-corrected chi connectivity index (χ0v) is 14.9. The molecule has 1 aliphatic carbocycles. The van der Waals surface area contributed by atoms with E-state index in [2.05, 4.69) is 29.1 Å². The summed E-state index contributed by atoms with van der Waals surface area (Å²) in [5.74, 6) is 0.498. The molecule has 2 heterocycles. The Morgan fingerprint density at radius 2 is 2.12 bits per heavy atom. The second-order valence-electron chi connectivity index (χ2n) is 7.01. The number of hydrogen-bond acceptors (Lipinski definition) is 4. The topological polar surface area (TPSA) is 96.9 Å². The number of H-pyrrole nitrogens is 1. The molecule has 1 saturated carbocycles. The molecule has 0 unspecified atom stereocenters. The average molecular weight is 344 g/mol. The summed E-state index contributed by atoms with van der Waals surface area (Å²) in [7, 11) is 0. The molecule has 7 heteroatoms. The van der Waals surface area contributed by atoms with Crippen LogP contribution in [0.3, 0.4) is 0 Å². The summed E-state index contributed by atoms with van der Waals surface area (Å²) < 4.78 is 1.41. The number of amides is 1. The van der Waals surface area contributed by atoms with Crippen molar-refractivity contribution in [1.82, 2.24) is 19.9 Å². The van der Waals surface area contributed by atoms with E-state index in [1.165, 1.54) is 4.57 Å². The summed E-state index contributed by atoms with van der Waals surface area (Å²) in [6.45, 7) is 6.91. The van der Waals surface area contributed by atoms with Crippen LogP contribution in [0.25, 0.3) is 11.0 Å². The molecule has 0 aliphatic heterocycles. The molecular weight excluding hydrogens is 320 g/mol. The Morgan fingerprint density at radius 1 is 1.40 bits per heavy atom. The lowest BCUT2D eigenvalue weighted by molar-refractivity contribution is 0.0953. The van der Waals surface area contributed by atoms with Crippen molar-refractivity contribution in [2.75, 3.05) is 6.54 Å². The smallest absolute Gasteiger partial charge is 0.329 e. The third-order valence-corrected chi connectivity index (χ3v) is 4.53. The van der Waals surface area contributed by atoms with Crippen molar-refractivity contribution in [2.24, 2.45) is 5.92 Å². The molecule has 0 atom stereocenters. The van der Waals surface area contributed by atoms with Gasteiger partial charge in [-0.25, -0.2) is 9.78 Å². The first-order chi connectivity index (χ1) is 11.9. The zero-order chi connectivity index (χ0) is 18.1. The Labute approximate surface area is 145 Å². The van der Waals surface area contributed by atoms with Crippen molar-refractivity contribution in [3.63, 3.8) is 0 Å². The number of aryl methyl sites for hydroxylation is 1. The molecule has 1 amide bonds. The number of fused-ring (bicyclic) bond motifs is 1. The van der Waals surface area contributed by atoms with Crippen molar-refractivity contribution in [2.45, 2.75) is 52.5 Å². The molecular formula is C18H24N4O3. The molecule has 7 nitrogen and oxygen atoms in total. The fourth-order valence-electron chi connectivity index (χ4n) is 2.92. The van der Waals surface area contributed by atoms with E-state index < -0.39 is 11.2 Å². The van der Waals surface area contributed by atoms with E-state index in [0.29, 0.717) is 36.1 Å². The van der Waals surface area contributed by atoms with Gasteiger partial charge < -0.3 is 5.32 Å². The summed E-state index contributed by atoms with van der Waals surface area (Å²) in [5, 5.41) is 3.07. The van der Waals surface area contributed by atoms with E-state index in [1.807, 2.05) is 6.92 Å². The van der Waals surface area contributed by atoms with Gasteiger partial charge in [-0.05, 0) is 38.2 Å². The van der Waals surface area contributed by atoms with Gasteiger partial charge in [0.05, 0.1) is 10.9 Å². The maximum absolute atomic E-state index is 12.7. The number of nitrogens with zero attached hydrogens (tertiary/aromatic N) is 2. The van der Waals surface area contributed by atoms with E-state index in [4.69, 9.17) is 0 Å². The predicted octanol–water partition coefficient (Wildman–Crippen LogP) is 1.76. The molecule has 25 heavy (non-hydrogen) atoms. The van der Waals surface area contributed by atoms with Gasteiger partial charge in [-0.2, -0.15) is 0 Å². The number of hydrogen-bond donors (Lipinski definition) is 2. The third kappa shape index (κ3) is 3.50. The molecule has 0 radical (unpaired) electrons. The van der Waals surface area contributed by atoms with E-state index in [-0.39, 0.29) is 11.3 Å². The number of nitrogens with one attached hydrogen (secondary N) is 2. The third-order valence-electron chi connectivity index (χ3n) is 4.53. The Balaban J connectivity index is 2.14. The van der Waals surface area contributed by atoms with Crippen LogP contribution in [0, 0.1) is 5.92 Å². The lowest BCUT2D eigenvalue weighted by Crippen LogP contribution is -2.33. The summed E-state index contributed by atoms with van der Waals surface area (Å²) in [4.78, 5) is 44.0. The molecule has 1 fully saturated rings. The lowest BCUT2D eigenvalue weighted by Gasteiger charge is -2.13. The van der Waals surface area contributed by atoms with E-state index >= 15 is 0 Å². The maximum Gasteiger partial charge on any atom is 0.329 e. The van der Waals surface area contributed by atoms with Gasteiger partial charge in [0.25, 0.3) is 11.5 Å². The quantitative estimate of drug-likeness (QED) is 0.834. The van der Waals surface area contributed by atoms with Crippen molar-refractivity contribution in [3.8, 4) is 0 Å². The minimum Gasteiger partial charge on any atom is -0.352 e. The van der Waals surface area contributed by atoms with Crippen LogP contribution in [0.4, 0.5) is 0 Å². The summed E-state index contributed by atoms with van der Waals surface area (Å²) in [5.41, 5.74) is 0.336. The molecule has 0 bridgehead atoms. The largest absolute Gasteiger partial charge is 0.352 e. The molecule has 2 aromatic heterocycles. The van der Waals surface area contributed by atoms with Crippen molar-refractivity contribution >= 4 is 16.9 Å². The van der Waals surface area contributed by atoms with Gasteiger partial charge in [0, 0.05) is 24.7 Å². The van der Waals surface area contributed by atoms with Crippen LogP contribution in [0.5, 0.6) is 0 Å². The number of carbonyl (C=O) groups excluding carboxylic acids is 1. The first kappa shape index (κ1) is 17.4. The molecule has 134 valence electrons. The molecule has 1 aliphatic rings.